The van der Waals surface area contributed by atoms with Gasteiger partial charge in [-0.25, -0.2) is 4.79 Å². The van der Waals surface area contributed by atoms with Crippen LogP contribution >= 0.6 is 11.6 Å². The zero-order valence-electron chi connectivity index (χ0n) is 18.2. The number of benzene rings is 2. The number of nitrogens with zero attached hydrogens (tertiary/aromatic N) is 2. The van der Waals surface area contributed by atoms with Crippen molar-refractivity contribution in [1.29, 1.82) is 0 Å². The van der Waals surface area contributed by atoms with Crippen LogP contribution in [0.1, 0.15) is 25.7 Å². The molecule has 2 aliphatic heterocycles. The molecule has 0 atom stereocenters. The van der Waals surface area contributed by atoms with Crippen LogP contribution in [0.4, 0.5) is 10.5 Å². The van der Waals surface area contributed by atoms with E-state index in [1.54, 1.807) is 49.6 Å². The fraction of sp³-hybridized carbons (Fsp3) is 0.417. The van der Waals surface area contributed by atoms with Gasteiger partial charge in [0.1, 0.15) is 11.5 Å². The second-order valence-electron chi connectivity index (χ2n) is 8.15. The van der Waals surface area contributed by atoms with Crippen molar-refractivity contribution < 1.29 is 19.1 Å². The number of nitrogens with one attached hydrogen (secondary N) is 1. The van der Waals surface area contributed by atoms with Crippen LogP contribution in [0.2, 0.25) is 5.02 Å². The zero-order chi connectivity index (χ0) is 22.5. The van der Waals surface area contributed by atoms with Gasteiger partial charge in [-0.2, -0.15) is 0 Å². The number of likely N-dealkylation sites (tertiary alicyclic amines) is 2. The van der Waals surface area contributed by atoms with Gasteiger partial charge in [0, 0.05) is 37.1 Å². The third-order valence-corrected chi connectivity index (χ3v) is 6.23. The van der Waals surface area contributed by atoms with E-state index in [0.717, 1.165) is 31.7 Å². The predicted octanol–water partition coefficient (Wildman–Crippen LogP) is 5.01. The van der Waals surface area contributed by atoms with Crippen molar-refractivity contribution in [3.63, 3.8) is 0 Å². The first-order valence-electron chi connectivity index (χ1n) is 11.0. The molecule has 4 rings (SSSR count). The van der Waals surface area contributed by atoms with E-state index < -0.39 is 0 Å². The Kier molecular flexibility index (Phi) is 7.05. The Morgan fingerprint density at radius 1 is 0.938 bits per heavy atom. The van der Waals surface area contributed by atoms with Crippen molar-refractivity contribution in [3.05, 3.63) is 47.5 Å². The van der Waals surface area contributed by atoms with Gasteiger partial charge in [0.05, 0.1) is 12.8 Å². The van der Waals surface area contributed by atoms with Gasteiger partial charge in [0.15, 0.2) is 5.75 Å². The molecule has 0 unspecified atom stereocenters. The molecule has 0 aromatic heterocycles. The summed E-state index contributed by atoms with van der Waals surface area (Å²) in [6, 6.07) is 12.5. The van der Waals surface area contributed by atoms with Crippen LogP contribution in [0.3, 0.4) is 0 Å². The minimum Gasteiger partial charge on any atom is -0.497 e. The van der Waals surface area contributed by atoms with E-state index in [2.05, 4.69) is 5.32 Å². The molecule has 170 valence electrons. The number of carbonyl (C=O) groups is 2. The number of hydrogen-bond acceptors (Lipinski definition) is 4. The van der Waals surface area contributed by atoms with E-state index in [-0.39, 0.29) is 17.9 Å². The average Bonchev–Trinajstić information content (AvgIpc) is 3.36. The molecule has 0 aliphatic carbocycles. The highest BCUT2D eigenvalue weighted by Crippen LogP contribution is 2.33. The first-order valence-corrected chi connectivity index (χ1v) is 11.4. The maximum absolute atomic E-state index is 13.0. The Balaban J connectivity index is 1.37. The summed E-state index contributed by atoms with van der Waals surface area (Å²) >= 11 is 6.17. The number of amides is 3. The fourth-order valence-electron chi connectivity index (χ4n) is 4.14. The molecule has 2 fully saturated rings. The number of anilines is 1. The maximum Gasteiger partial charge on any atom is 0.319 e. The summed E-state index contributed by atoms with van der Waals surface area (Å²) in [7, 11) is 1.61. The van der Waals surface area contributed by atoms with Gasteiger partial charge < -0.3 is 24.6 Å². The number of hydrogen-bond donors (Lipinski definition) is 1. The second kappa shape index (κ2) is 10.1. The molecule has 1 N–H and O–H groups in total. The van der Waals surface area contributed by atoms with Crippen molar-refractivity contribution in [2.75, 3.05) is 38.6 Å². The summed E-state index contributed by atoms with van der Waals surface area (Å²) in [6.07, 6.45) is 3.43. The Labute approximate surface area is 193 Å². The molecule has 0 saturated carbocycles. The number of ether oxygens (including phenoxy) is 2. The zero-order valence-corrected chi connectivity index (χ0v) is 18.9. The van der Waals surface area contributed by atoms with Crippen LogP contribution < -0.4 is 14.8 Å². The number of carbonyl (C=O) groups excluding carboxylic acids is 2. The topological polar surface area (TPSA) is 71.1 Å². The Morgan fingerprint density at radius 3 is 2.22 bits per heavy atom. The number of methoxy groups -OCH3 is 1. The third kappa shape index (κ3) is 5.27. The van der Waals surface area contributed by atoms with Crippen molar-refractivity contribution in [3.8, 4) is 17.2 Å². The molecule has 0 bridgehead atoms. The summed E-state index contributed by atoms with van der Waals surface area (Å²) in [6.45, 7) is 2.87. The molecule has 0 radical (unpaired) electrons. The van der Waals surface area contributed by atoms with Crippen LogP contribution in [0.25, 0.3) is 0 Å². The van der Waals surface area contributed by atoms with Crippen molar-refractivity contribution >= 4 is 29.2 Å². The minimum absolute atomic E-state index is 0.0832. The first-order chi connectivity index (χ1) is 15.5. The lowest BCUT2D eigenvalue weighted by atomic mass is 9.96. The number of rotatable bonds is 5. The molecule has 8 heteroatoms. The van der Waals surface area contributed by atoms with Gasteiger partial charge in [0.2, 0.25) is 5.91 Å². The molecule has 2 aromatic rings. The Hall–Kier alpha value is -2.93. The second-order valence-corrected chi connectivity index (χ2v) is 8.58. The highest BCUT2D eigenvalue weighted by molar-refractivity contribution is 6.31. The summed E-state index contributed by atoms with van der Waals surface area (Å²) < 4.78 is 11.1. The lowest BCUT2D eigenvalue weighted by Crippen LogP contribution is -2.47. The number of piperidine rings is 1. The molecular weight excluding hydrogens is 430 g/mol. The highest BCUT2D eigenvalue weighted by atomic mass is 35.5. The number of halogens is 1. The summed E-state index contributed by atoms with van der Waals surface area (Å²) in [5.41, 5.74) is 0.522. The number of urea groups is 1. The molecule has 2 heterocycles. The quantitative estimate of drug-likeness (QED) is 0.685. The molecule has 2 aliphatic rings. The molecule has 7 nitrogen and oxygen atoms in total. The van der Waals surface area contributed by atoms with E-state index in [4.69, 9.17) is 21.1 Å². The smallest absolute Gasteiger partial charge is 0.319 e. The maximum atomic E-state index is 13.0. The van der Waals surface area contributed by atoms with Gasteiger partial charge in [-0.15, -0.1) is 0 Å². The van der Waals surface area contributed by atoms with E-state index in [9.17, 15) is 9.59 Å². The standard InChI is InChI=1S/C24H28ClN3O4/c1-31-19-5-7-20(8-6-19)32-22-9-4-18(25)16-21(22)26-23(29)17-10-14-28(15-11-17)24(30)27-12-2-3-13-27/h4-9,16-17H,2-3,10-15H2,1H3,(H,26,29). The predicted molar refractivity (Wildman–Crippen MR) is 124 cm³/mol. The van der Waals surface area contributed by atoms with Crippen LogP contribution in [0, 0.1) is 5.92 Å². The molecule has 2 aromatic carbocycles. The Morgan fingerprint density at radius 2 is 1.56 bits per heavy atom. The summed E-state index contributed by atoms with van der Waals surface area (Å²) in [5.74, 6) is 1.62. The van der Waals surface area contributed by atoms with E-state index >= 15 is 0 Å². The third-order valence-electron chi connectivity index (χ3n) is 6.00. The van der Waals surface area contributed by atoms with Crippen molar-refractivity contribution in [2.24, 2.45) is 5.92 Å². The lowest BCUT2D eigenvalue weighted by molar-refractivity contribution is -0.121. The normalized spacial score (nSPS) is 16.7. The Bertz CT molecular complexity index is 952. The minimum atomic E-state index is -0.162. The molecular formula is C24H28ClN3O4. The van der Waals surface area contributed by atoms with Gasteiger partial charge in [-0.1, -0.05) is 11.6 Å². The van der Waals surface area contributed by atoms with Crippen LogP contribution in [-0.2, 0) is 4.79 Å². The fourth-order valence-corrected chi connectivity index (χ4v) is 4.31. The molecule has 32 heavy (non-hydrogen) atoms. The van der Waals surface area contributed by atoms with E-state index in [1.807, 2.05) is 9.80 Å². The largest absolute Gasteiger partial charge is 0.497 e. The van der Waals surface area contributed by atoms with E-state index in [1.165, 1.54) is 0 Å². The SMILES string of the molecule is COc1ccc(Oc2ccc(Cl)cc2NC(=O)C2CCN(C(=O)N3CCCC3)CC2)cc1. The average molecular weight is 458 g/mol. The first kappa shape index (κ1) is 22.3. The molecule has 0 spiro atoms. The van der Waals surface area contributed by atoms with Crippen LogP contribution in [-0.4, -0.2) is 55.0 Å². The van der Waals surface area contributed by atoms with Gasteiger partial charge in [0.25, 0.3) is 0 Å². The highest BCUT2D eigenvalue weighted by Gasteiger charge is 2.30. The van der Waals surface area contributed by atoms with Crippen LogP contribution in [0.5, 0.6) is 17.2 Å². The van der Waals surface area contributed by atoms with Crippen molar-refractivity contribution in [1.82, 2.24) is 9.80 Å². The van der Waals surface area contributed by atoms with Crippen molar-refractivity contribution in [2.45, 2.75) is 25.7 Å². The lowest BCUT2D eigenvalue weighted by Gasteiger charge is -2.34. The monoisotopic (exact) mass is 457 g/mol. The molecule has 2 saturated heterocycles. The van der Waals surface area contributed by atoms with Gasteiger partial charge in [-0.3, -0.25) is 4.79 Å². The summed E-state index contributed by atoms with van der Waals surface area (Å²) in [5, 5.41) is 3.48. The molecule has 3 amide bonds. The van der Waals surface area contributed by atoms with Gasteiger partial charge >= 0.3 is 6.03 Å². The van der Waals surface area contributed by atoms with Crippen LogP contribution in [0.15, 0.2) is 42.5 Å². The summed E-state index contributed by atoms with van der Waals surface area (Å²) in [4.78, 5) is 29.3. The van der Waals surface area contributed by atoms with Gasteiger partial charge in [-0.05, 0) is 68.1 Å². The van der Waals surface area contributed by atoms with E-state index in [0.29, 0.717) is 48.1 Å².